The number of pyridine rings is 1. The molecule has 3 aromatic rings. The van der Waals surface area contributed by atoms with Crippen molar-refractivity contribution in [2.24, 2.45) is 5.92 Å². The van der Waals surface area contributed by atoms with E-state index in [0.29, 0.717) is 49.9 Å². The molecule has 0 radical (unpaired) electrons. The molecule has 2 aliphatic heterocycles. The number of anilines is 1. The number of hydrazine groups is 1. The Morgan fingerprint density at radius 1 is 1.15 bits per heavy atom. The SMILES string of the molecule is O=C(CO)N1CCN(c2ccnc(-c3cnc4ccc(C(F)(F)F)cn34)n2)CC1C1CNNC1. The minimum absolute atomic E-state index is 0.139. The monoisotopic (exact) mass is 476 g/mol. The lowest BCUT2D eigenvalue weighted by Gasteiger charge is -2.44. The first kappa shape index (κ1) is 22.5. The van der Waals surface area contributed by atoms with Gasteiger partial charge in [0.2, 0.25) is 5.91 Å². The van der Waals surface area contributed by atoms with Gasteiger partial charge in [-0.2, -0.15) is 13.2 Å². The summed E-state index contributed by atoms with van der Waals surface area (Å²) in [5, 5.41) is 9.39. The molecule has 1 amide bonds. The average molecular weight is 476 g/mol. The third kappa shape index (κ3) is 4.17. The molecule has 3 aromatic heterocycles. The molecule has 2 fully saturated rings. The number of imidazole rings is 1. The number of aliphatic hydroxyl groups excluding tert-OH is 1. The Bertz CT molecular complexity index is 1190. The van der Waals surface area contributed by atoms with E-state index in [0.717, 1.165) is 12.3 Å². The van der Waals surface area contributed by atoms with Crippen LogP contribution in [0.3, 0.4) is 0 Å². The van der Waals surface area contributed by atoms with Gasteiger partial charge < -0.3 is 14.9 Å². The van der Waals surface area contributed by atoms with Gasteiger partial charge in [0.15, 0.2) is 5.82 Å². The van der Waals surface area contributed by atoms with Crippen LogP contribution in [0.25, 0.3) is 17.2 Å². The molecule has 2 aliphatic rings. The van der Waals surface area contributed by atoms with Crippen molar-refractivity contribution in [2.45, 2.75) is 12.2 Å². The number of piperazine rings is 1. The third-order valence-corrected chi connectivity index (χ3v) is 6.30. The van der Waals surface area contributed by atoms with Crippen LogP contribution in [0.2, 0.25) is 0 Å². The van der Waals surface area contributed by atoms with E-state index in [1.807, 2.05) is 4.90 Å². The normalized spacial score (nSPS) is 19.8. The minimum Gasteiger partial charge on any atom is -0.387 e. The van der Waals surface area contributed by atoms with E-state index in [1.54, 1.807) is 17.2 Å². The molecular weight excluding hydrogens is 453 g/mol. The van der Waals surface area contributed by atoms with Crippen LogP contribution in [0.5, 0.6) is 0 Å². The number of hydrogen-bond acceptors (Lipinski definition) is 8. The average Bonchev–Trinajstić information content (AvgIpc) is 3.52. The summed E-state index contributed by atoms with van der Waals surface area (Å²) in [5.41, 5.74) is 6.07. The van der Waals surface area contributed by atoms with Gasteiger partial charge in [-0.1, -0.05) is 0 Å². The number of nitrogens with zero attached hydrogens (tertiary/aromatic N) is 6. The molecule has 1 atom stereocenters. The number of aromatic nitrogens is 4. The fourth-order valence-electron chi connectivity index (χ4n) is 4.54. The first-order valence-electron chi connectivity index (χ1n) is 10.8. The molecule has 0 aliphatic carbocycles. The molecule has 5 heterocycles. The van der Waals surface area contributed by atoms with E-state index in [2.05, 4.69) is 25.8 Å². The maximum atomic E-state index is 13.2. The summed E-state index contributed by atoms with van der Waals surface area (Å²) in [6, 6.07) is 3.89. The maximum Gasteiger partial charge on any atom is 0.417 e. The molecule has 0 saturated carbocycles. The van der Waals surface area contributed by atoms with Crippen molar-refractivity contribution in [3.05, 3.63) is 42.4 Å². The van der Waals surface area contributed by atoms with E-state index >= 15 is 0 Å². The van der Waals surface area contributed by atoms with Gasteiger partial charge in [-0.05, 0) is 18.2 Å². The van der Waals surface area contributed by atoms with Crippen LogP contribution in [0.4, 0.5) is 19.0 Å². The maximum absolute atomic E-state index is 13.2. The molecular formula is C21H23F3N8O2. The van der Waals surface area contributed by atoms with Gasteiger partial charge in [0, 0.05) is 51.0 Å². The first-order chi connectivity index (χ1) is 16.3. The van der Waals surface area contributed by atoms with E-state index in [9.17, 15) is 23.1 Å². The van der Waals surface area contributed by atoms with Crippen LogP contribution >= 0.6 is 0 Å². The van der Waals surface area contributed by atoms with Gasteiger partial charge in [0.05, 0.1) is 17.8 Å². The minimum atomic E-state index is -4.48. The predicted molar refractivity (Wildman–Crippen MR) is 116 cm³/mol. The molecule has 13 heteroatoms. The standard InChI is InChI=1S/C21H23F3N8O2/c22-21(23,24)14-1-2-17-26-9-15(32(17)10-14)20-25-4-3-18(29-20)30-5-6-31(19(34)12-33)16(11-30)13-7-27-28-8-13/h1-4,9-10,13,16,27-28,33H,5-8,11-12H2. The second kappa shape index (κ2) is 8.81. The number of halogens is 3. The Hall–Kier alpha value is -3.29. The van der Waals surface area contributed by atoms with Crippen LogP contribution in [-0.4, -0.2) is 80.6 Å². The largest absolute Gasteiger partial charge is 0.417 e. The predicted octanol–water partition coefficient (Wildman–Crippen LogP) is 0.544. The van der Waals surface area contributed by atoms with Gasteiger partial charge in [-0.25, -0.2) is 15.0 Å². The Balaban J connectivity index is 1.45. The van der Waals surface area contributed by atoms with E-state index in [1.165, 1.54) is 16.7 Å². The van der Waals surface area contributed by atoms with Crippen LogP contribution in [-0.2, 0) is 11.0 Å². The van der Waals surface area contributed by atoms with Gasteiger partial charge in [0.25, 0.3) is 0 Å². The van der Waals surface area contributed by atoms with Crippen LogP contribution in [0, 0.1) is 5.92 Å². The topological polar surface area (TPSA) is 111 Å². The summed E-state index contributed by atoms with van der Waals surface area (Å²) >= 11 is 0. The van der Waals surface area contributed by atoms with Crippen LogP contribution in [0.1, 0.15) is 5.56 Å². The van der Waals surface area contributed by atoms with Gasteiger partial charge in [0.1, 0.15) is 23.8 Å². The summed E-state index contributed by atoms with van der Waals surface area (Å²) in [7, 11) is 0. The molecule has 5 rings (SSSR count). The highest BCUT2D eigenvalue weighted by Crippen LogP contribution is 2.31. The van der Waals surface area contributed by atoms with Crippen molar-refractivity contribution in [2.75, 3.05) is 44.2 Å². The fraction of sp³-hybridized carbons (Fsp3) is 0.429. The Labute approximate surface area is 192 Å². The smallest absolute Gasteiger partial charge is 0.387 e. The van der Waals surface area contributed by atoms with E-state index < -0.39 is 18.3 Å². The van der Waals surface area contributed by atoms with Crippen molar-refractivity contribution >= 4 is 17.4 Å². The highest BCUT2D eigenvalue weighted by atomic mass is 19.4. The number of fused-ring (bicyclic) bond motifs is 1. The number of aliphatic hydroxyl groups is 1. The summed E-state index contributed by atoms with van der Waals surface area (Å²) < 4.78 is 41.0. The quantitative estimate of drug-likeness (QED) is 0.501. The molecule has 2 saturated heterocycles. The zero-order valence-electron chi connectivity index (χ0n) is 18.0. The van der Waals surface area contributed by atoms with Gasteiger partial charge >= 0.3 is 6.18 Å². The Morgan fingerprint density at radius 3 is 2.68 bits per heavy atom. The van der Waals surface area contributed by atoms with Crippen LogP contribution < -0.4 is 15.8 Å². The summed E-state index contributed by atoms with van der Waals surface area (Å²) in [6.45, 7) is 2.25. The first-order valence-corrected chi connectivity index (χ1v) is 10.8. The van der Waals surface area contributed by atoms with Crippen LogP contribution in [0.15, 0.2) is 36.8 Å². The molecule has 34 heavy (non-hydrogen) atoms. The molecule has 0 aromatic carbocycles. The number of carbonyl (C=O) groups is 1. The lowest BCUT2D eigenvalue weighted by Crippen LogP contribution is -2.59. The Kier molecular flexibility index (Phi) is 5.83. The number of carbonyl (C=O) groups excluding carboxylic acids is 1. The number of amides is 1. The number of alkyl halides is 3. The second-order valence-corrected chi connectivity index (χ2v) is 8.31. The van der Waals surface area contributed by atoms with Crippen molar-refractivity contribution < 1.29 is 23.1 Å². The lowest BCUT2D eigenvalue weighted by molar-refractivity contribution is -0.138. The molecule has 180 valence electrons. The van der Waals surface area contributed by atoms with Crippen molar-refractivity contribution in [3.63, 3.8) is 0 Å². The number of nitrogens with one attached hydrogen (secondary N) is 2. The zero-order valence-corrected chi connectivity index (χ0v) is 18.0. The number of hydrogen-bond donors (Lipinski definition) is 3. The lowest BCUT2D eigenvalue weighted by atomic mass is 9.96. The Morgan fingerprint density at radius 2 is 1.94 bits per heavy atom. The summed E-state index contributed by atoms with van der Waals surface area (Å²) in [6.07, 6.45) is -0.485. The molecule has 10 nitrogen and oxygen atoms in total. The second-order valence-electron chi connectivity index (χ2n) is 8.31. The molecule has 3 N–H and O–H groups in total. The fourth-order valence-corrected chi connectivity index (χ4v) is 4.54. The van der Waals surface area contributed by atoms with E-state index in [4.69, 9.17) is 0 Å². The third-order valence-electron chi connectivity index (χ3n) is 6.30. The van der Waals surface area contributed by atoms with Crippen molar-refractivity contribution in [1.82, 2.24) is 35.1 Å². The van der Waals surface area contributed by atoms with E-state index in [-0.39, 0.29) is 23.7 Å². The van der Waals surface area contributed by atoms with Crippen molar-refractivity contribution in [1.29, 1.82) is 0 Å². The van der Waals surface area contributed by atoms with Gasteiger partial charge in [-0.15, -0.1) is 0 Å². The summed E-state index contributed by atoms with van der Waals surface area (Å²) in [5.74, 6) is 0.691. The highest BCUT2D eigenvalue weighted by molar-refractivity contribution is 5.78. The summed E-state index contributed by atoms with van der Waals surface area (Å²) in [4.78, 5) is 29.1. The van der Waals surface area contributed by atoms with Gasteiger partial charge in [-0.3, -0.25) is 20.0 Å². The number of rotatable bonds is 4. The molecule has 1 unspecified atom stereocenters. The molecule has 0 bridgehead atoms. The zero-order chi connectivity index (χ0) is 23.9. The highest BCUT2D eigenvalue weighted by Gasteiger charge is 2.37. The van der Waals surface area contributed by atoms with Crippen molar-refractivity contribution in [3.8, 4) is 11.5 Å². The molecule has 0 spiro atoms.